The smallest absolute Gasteiger partial charge is 0.234 e. The number of anilines is 1. The van der Waals surface area contributed by atoms with Crippen molar-refractivity contribution in [3.8, 4) is 5.75 Å². The molecule has 1 amide bonds. The van der Waals surface area contributed by atoms with Gasteiger partial charge in [-0.25, -0.2) is 4.39 Å². The predicted molar refractivity (Wildman–Crippen MR) is 61.5 cm³/mol. The Morgan fingerprint density at radius 2 is 2.24 bits per heavy atom. The molecule has 0 spiro atoms. The monoisotopic (exact) mass is 233 g/mol. The van der Waals surface area contributed by atoms with E-state index in [1.165, 1.54) is 18.1 Å². The number of carbonyl (C=O) groups excluding carboxylic acids is 1. The molecule has 0 radical (unpaired) electrons. The van der Waals surface area contributed by atoms with Crippen LogP contribution in [0, 0.1) is 11.7 Å². The van der Waals surface area contributed by atoms with Crippen LogP contribution in [0.5, 0.6) is 5.75 Å². The van der Waals surface area contributed by atoms with Crippen molar-refractivity contribution in [2.75, 3.05) is 12.0 Å². The summed E-state index contributed by atoms with van der Waals surface area (Å²) in [4.78, 5) is 13.5. The Hall–Kier alpha value is -1.84. The van der Waals surface area contributed by atoms with E-state index in [0.29, 0.717) is 11.4 Å². The normalized spacial score (nSPS) is 25.8. The predicted octanol–water partition coefficient (Wildman–Crippen LogP) is 2.13. The van der Waals surface area contributed by atoms with Crippen molar-refractivity contribution in [1.29, 1.82) is 0 Å². The maximum atomic E-state index is 13.8. The number of benzene rings is 1. The van der Waals surface area contributed by atoms with E-state index in [0.717, 1.165) is 6.42 Å². The van der Waals surface area contributed by atoms with Gasteiger partial charge in [0.25, 0.3) is 0 Å². The lowest BCUT2D eigenvalue weighted by Crippen LogP contribution is -2.35. The highest BCUT2D eigenvalue weighted by molar-refractivity contribution is 6.01. The quantitative estimate of drug-likeness (QED) is 0.732. The molecule has 0 saturated carbocycles. The molecule has 2 bridgehead atoms. The minimum atomic E-state index is -0.389. The largest absolute Gasteiger partial charge is 0.497 e. The van der Waals surface area contributed by atoms with Gasteiger partial charge in [0.05, 0.1) is 24.8 Å². The van der Waals surface area contributed by atoms with Gasteiger partial charge in [0.15, 0.2) is 0 Å². The summed E-state index contributed by atoms with van der Waals surface area (Å²) in [5.41, 5.74) is 0.311. The van der Waals surface area contributed by atoms with E-state index in [9.17, 15) is 9.18 Å². The highest BCUT2D eigenvalue weighted by Gasteiger charge is 2.42. The number of carbonyl (C=O) groups is 1. The Morgan fingerprint density at radius 1 is 1.41 bits per heavy atom. The fourth-order valence-electron chi connectivity index (χ4n) is 2.50. The zero-order valence-electron chi connectivity index (χ0n) is 9.39. The zero-order chi connectivity index (χ0) is 12.0. The second kappa shape index (κ2) is 3.58. The van der Waals surface area contributed by atoms with Crippen molar-refractivity contribution in [3.05, 3.63) is 36.2 Å². The Morgan fingerprint density at radius 3 is 2.88 bits per heavy atom. The maximum Gasteiger partial charge on any atom is 0.234 e. The van der Waals surface area contributed by atoms with Gasteiger partial charge in [0, 0.05) is 6.07 Å². The summed E-state index contributed by atoms with van der Waals surface area (Å²) in [5.74, 6) is 0.0660. The van der Waals surface area contributed by atoms with Gasteiger partial charge < -0.3 is 9.64 Å². The molecule has 1 fully saturated rings. The van der Waals surface area contributed by atoms with E-state index < -0.39 is 0 Å². The number of amides is 1. The second-order valence-corrected chi connectivity index (χ2v) is 4.32. The molecule has 2 atom stereocenters. The molecule has 0 N–H and O–H groups in total. The molecule has 3 rings (SSSR count). The third-order valence-electron chi connectivity index (χ3n) is 3.36. The van der Waals surface area contributed by atoms with E-state index in [1.54, 1.807) is 12.1 Å². The molecule has 3 nitrogen and oxygen atoms in total. The van der Waals surface area contributed by atoms with Gasteiger partial charge in [-0.05, 0) is 18.6 Å². The highest BCUT2D eigenvalue weighted by atomic mass is 19.1. The summed E-state index contributed by atoms with van der Waals surface area (Å²) < 4.78 is 18.8. The average molecular weight is 233 g/mol. The first kappa shape index (κ1) is 10.3. The summed E-state index contributed by atoms with van der Waals surface area (Å²) in [6.45, 7) is 0. The zero-order valence-corrected chi connectivity index (χ0v) is 9.39. The lowest BCUT2D eigenvalue weighted by Gasteiger charge is -2.24. The van der Waals surface area contributed by atoms with Crippen LogP contribution < -0.4 is 9.64 Å². The van der Waals surface area contributed by atoms with Crippen LogP contribution in [-0.4, -0.2) is 19.1 Å². The number of fused-ring (bicyclic) bond motifs is 2. The molecule has 2 aliphatic rings. The first-order chi connectivity index (χ1) is 8.20. The number of hydrogen-bond acceptors (Lipinski definition) is 2. The van der Waals surface area contributed by atoms with Crippen LogP contribution in [0.3, 0.4) is 0 Å². The van der Waals surface area contributed by atoms with Gasteiger partial charge in [-0.1, -0.05) is 12.2 Å². The molecule has 1 aliphatic carbocycles. The fourth-order valence-corrected chi connectivity index (χ4v) is 2.50. The Labute approximate surface area is 98.5 Å². The van der Waals surface area contributed by atoms with Crippen LogP contribution in [0.15, 0.2) is 30.4 Å². The van der Waals surface area contributed by atoms with Crippen LogP contribution in [0.1, 0.15) is 6.42 Å². The van der Waals surface area contributed by atoms with E-state index in [4.69, 9.17) is 4.74 Å². The van der Waals surface area contributed by atoms with Crippen molar-refractivity contribution in [3.63, 3.8) is 0 Å². The van der Waals surface area contributed by atoms with Crippen molar-refractivity contribution in [2.24, 2.45) is 5.92 Å². The van der Waals surface area contributed by atoms with Crippen LogP contribution in [0.2, 0.25) is 0 Å². The van der Waals surface area contributed by atoms with Crippen molar-refractivity contribution >= 4 is 11.6 Å². The summed E-state index contributed by atoms with van der Waals surface area (Å²) in [6.07, 6.45) is 4.63. The minimum absolute atomic E-state index is 0.00546. The van der Waals surface area contributed by atoms with E-state index in [1.807, 2.05) is 12.2 Å². The third-order valence-corrected chi connectivity index (χ3v) is 3.36. The third kappa shape index (κ3) is 1.44. The number of nitrogens with zero attached hydrogens (tertiary/aromatic N) is 1. The first-order valence-corrected chi connectivity index (χ1v) is 5.55. The van der Waals surface area contributed by atoms with E-state index in [2.05, 4.69) is 0 Å². The average Bonchev–Trinajstić information content (AvgIpc) is 2.91. The van der Waals surface area contributed by atoms with Crippen LogP contribution in [0.25, 0.3) is 0 Å². The van der Waals surface area contributed by atoms with Crippen LogP contribution in [-0.2, 0) is 4.79 Å². The molecule has 17 heavy (non-hydrogen) atoms. The molecule has 1 heterocycles. The molecule has 1 saturated heterocycles. The second-order valence-electron chi connectivity index (χ2n) is 4.32. The molecule has 4 heteroatoms. The van der Waals surface area contributed by atoms with Gasteiger partial charge in [0.1, 0.15) is 11.6 Å². The number of ether oxygens (including phenoxy) is 1. The molecular formula is C13H12FNO2. The van der Waals surface area contributed by atoms with Gasteiger partial charge >= 0.3 is 0 Å². The van der Waals surface area contributed by atoms with Gasteiger partial charge in [0.2, 0.25) is 5.91 Å². The molecule has 1 aromatic rings. The first-order valence-electron chi connectivity index (χ1n) is 5.55. The van der Waals surface area contributed by atoms with E-state index >= 15 is 0 Å². The molecule has 0 aromatic heterocycles. The SMILES string of the molecule is COc1ccc(F)c(N2C(=O)[C@@H]3C=C[C@H]2C3)c1. The number of rotatable bonds is 2. The van der Waals surface area contributed by atoms with Gasteiger partial charge in [-0.3, -0.25) is 4.79 Å². The lowest BCUT2D eigenvalue weighted by molar-refractivity contribution is -0.119. The van der Waals surface area contributed by atoms with Crippen molar-refractivity contribution < 1.29 is 13.9 Å². The van der Waals surface area contributed by atoms with Crippen LogP contribution >= 0.6 is 0 Å². The summed E-state index contributed by atoms with van der Waals surface area (Å²) >= 11 is 0. The van der Waals surface area contributed by atoms with Gasteiger partial charge in [-0.2, -0.15) is 0 Å². The summed E-state index contributed by atoms with van der Waals surface area (Å²) in [5, 5.41) is 0. The number of hydrogen-bond donors (Lipinski definition) is 0. The molecule has 1 aliphatic heterocycles. The van der Waals surface area contributed by atoms with Gasteiger partial charge in [-0.15, -0.1) is 0 Å². The summed E-state index contributed by atoms with van der Waals surface area (Å²) in [7, 11) is 1.52. The van der Waals surface area contributed by atoms with Crippen molar-refractivity contribution in [1.82, 2.24) is 0 Å². The maximum absolute atomic E-state index is 13.8. The lowest BCUT2D eigenvalue weighted by atomic mass is 10.1. The molecule has 1 aromatic carbocycles. The minimum Gasteiger partial charge on any atom is -0.497 e. The molecule has 88 valence electrons. The fraction of sp³-hybridized carbons (Fsp3) is 0.308. The Kier molecular flexibility index (Phi) is 2.18. The number of halogens is 1. The van der Waals surface area contributed by atoms with Crippen molar-refractivity contribution in [2.45, 2.75) is 12.5 Å². The van der Waals surface area contributed by atoms with Crippen LogP contribution in [0.4, 0.5) is 10.1 Å². The highest BCUT2D eigenvalue weighted by Crippen LogP contribution is 2.38. The number of methoxy groups -OCH3 is 1. The Balaban J connectivity index is 2.04. The van der Waals surface area contributed by atoms with E-state index in [-0.39, 0.29) is 23.7 Å². The molecule has 0 unspecified atom stereocenters. The summed E-state index contributed by atoms with van der Waals surface area (Å²) in [6, 6.07) is 4.45. The standard InChI is InChI=1S/C13H12FNO2/c1-17-10-4-5-11(14)12(7-10)15-9-3-2-8(6-9)13(15)16/h2-5,7-9H,6H2,1H3/t8-,9+/m1/s1. The topological polar surface area (TPSA) is 29.5 Å². The Bertz CT molecular complexity index is 512. The molecular weight excluding hydrogens is 221 g/mol.